The molecule has 2 aromatic carbocycles. The molecule has 226 valence electrons. The minimum absolute atomic E-state index is 0.130. The summed E-state index contributed by atoms with van der Waals surface area (Å²) in [5.74, 6) is -6.53. The van der Waals surface area contributed by atoms with Crippen molar-refractivity contribution >= 4 is 40.9 Å². The summed E-state index contributed by atoms with van der Waals surface area (Å²) in [5.41, 5.74) is 0.560. The topological polar surface area (TPSA) is 78.5 Å². The number of unbranched alkanes of at least 4 members (excludes halogenated alkanes) is 8. The maximum absolute atomic E-state index is 14.6. The number of benzene rings is 2. The Morgan fingerprint density at radius 1 is 0.805 bits per heavy atom. The first-order chi connectivity index (χ1) is 19.6. The first-order valence-electron chi connectivity index (χ1n) is 14.4. The fourth-order valence-corrected chi connectivity index (χ4v) is 4.75. The molecule has 0 heterocycles. The molecule has 41 heavy (non-hydrogen) atoms. The lowest BCUT2D eigenvalue weighted by atomic mass is 10.0. The van der Waals surface area contributed by atoms with Gasteiger partial charge >= 0.3 is 11.8 Å². The number of hydrogen-bond acceptors (Lipinski definition) is 4. The van der Waals surface area contributed by atoms with Gasteiger partial charge in [0, 0.05) is 29.0 Å². The van der Waals surface area contributed by atoms with Crippen LogP contribution in [0, 0.1) is 0 Å². The Morgan fingerprint density at radius 2 is 1.39 bits per heavy atom. The van der Waals surface area contributed by atoms with E-state index in [0.717, 1.165) is 68.4 Å². The summed E-state index contributed by atoms with van der Waals surface area (Å²) in [6.07, 6.45) is 9.90. The van der Waals surface area contributed by atoms with Crippen molar-refractivity contribution in [2.75, 3.05) is 23.2 Å². The summed E-state index contributed by atoms with van der Waals surface area (Å²) in [4.78, 5) is 38.2. The Morgan fingerprint density at radius 3 is 2.00 bits per heavy atom. The van der Waals surface area contributed by atoms with Crippen molar-refractivity contribution in [3.05, 3.63) is 53.6 Å². The van der Waals surface area contributed by atoms with Gasteiger partial charge in [0.05, 0.1) is 11.4 Å². The zero-order chi connectivity index (χ0) is 30.3. The number of nitrogens with zero attached hydrogens (tertiary/aromatic N) is 1. The molecule has 0 unspecified atom stereocenters. The third-order valence-corrected chi connectivity index (χ3v) is 7.51. The molecule has 0 fully saturated rings. The van der Waals surface area contributed by atoms with Crippen LogP contribution in [0.5, 0.6) is 0 Å². The van der Waals surface area contributed by atoms with Crippen molar-refractivity contribution in [3.8, 4) is 0 Å². The van der Waals surface area contributed by atoms with Crippen LogP contribution in [0.4, 0.5) is 24.6 Å². The molecule has 0 spiro atoms. The fraction of sp³-hybridized carbons (Fsp3) is 0.516. The normalized spacial score (nSPS) is 11.3. The maximum Gasteiger partial charge on any atom is 0.327 e. The first kappa shape index (κ1) is 34.2. The van der Waals surface area contributed by atoms with Gasteiger partial charge in [0.2, 0.25) is 0 Å². The Kier molecular flexibility index (Phi) is 14.8. The van der Waals surface area contributed by atoms with Crippen molar-refractivity contribution < 1.29 is 27.6 Å². The van der Waals surface area contributed by atoms with Crippen molar-refractivity contribution in [2.45, 2.75) is 95.3 Å². The largest absolute Gasteiger partial charge is 0.352 e. The number of hydrogen-bond donors (Lipinski definition) is 2. The Labute approximate surface area is 245 Å². The molecule has 10 heteroatoms. The second kappa shape index (κ2) is 17.7. The molecule has 0 aliphatic carbocycles. The van der Waals surface area contributed by atoms with Crippen LogP contribution in [-0.4, -0.2) is 36.4 Å². The molecule has 6 nitrogen and oxygen atoms in total. The number of halogens is 3. The van der Waals surface area contributed by atoms with Crippen molar-refractivity contribution in [1.82, 2.24) is 5.32 Å². The van der Waals surface area contributed by atoms with Crippen LogP contribution >= 0.6 is 11.8 Å². The smallest absolute Gasteiger partial charge is 0.327 e. The van der Waals surface area contributed by atoms with Crippen LogP contribution in [-0.2, 0) is 4.79 Å². The lowest BCUT2D eigenvalue weighted by molar-refractivity contribution is -0.146. The second-order valence-corrected chi connectivity index (χ2v) is 10.9. The molecule has 3 amide bonds. The molecule has 0 aliphatic rings. The number of amides is 3. The van der Waals surface area contributed by atoms with Crippen molar-refractivity contribution in [3.63, 3.8) is 0 Å². The summed E-state index contributed by atoms with van der Waals surface area (Å²) in [7, 11) is 0. The highest BCUT2D eigenvalue weighted by molar-refractivity contribution is 7.98. The van der Waals surface area contributed by atoms with E-state index < -0.39 is 35.0 Å². The standard InChI is InChI=1S/C31H42F3N3O3S/c1-4-6-8-9-10-11-12-13-20-31(32,33)30(40)37(34)25-17-14-23(15-18-25)29(39)36-26-22-24(16-19-27(26)41-3)28(38)35-21-7-5-2/h14-19,22H,4-13,20-21H2,1-3H3,(H,35,38)(H,36,39). The van der Waals surface area contributed by atoms with Gasteiger partial charge in [0.15, 0.2) is 0 Å². The van der Waals surface area contributed by atoms with Crippen molar-refractivity contribution in [2.24, 2.45) is 0 Å². The van der Waals surface area contributed by atoms with Crippen LogP contribution in [0.25, 0.3) is 0 Å². The predicted octanol–water partition coefficient (Wildman–Crippen LogP) is 8.57. The monoisotopic (exact) mass is 593 g/mol. The van der Waals surface area contributed by atoms with Crippen LogP contribution in [0.2, 0.25) is 0 Å². The highest BCUT2D eigenvalue weighted by atomic mass is 32.2. The predicted molar refractivity (Wildman–Crippen MR) is 161 cm³/mol. The van der Waals surface area contributed by atoms with Crippen LogP contribution in [0.3, 0.4) is 0 Å². The summed E-state index contributed by atoms with van der Waals surface area (Å²) >= 11 is 1.39. The number of thioether (sulfide) groups is 1. The Balaban J connectivity index is 1.97. The van der Waals surface area contributed by atoms with Crippen LogP contribution in [0.15, 0.2) is 47.4 Å². The number of anilines is 2. The van der Waals surface area contributed by atoms with Gasteiger partial charge in [0.25, 0.3) is 11.8 Å². The van der Waals surface area contributed by atoms with E-state index in [1.807, 2.05) is 13.2 Å². The first-order valence-corrected chi connectivity index (χ1v) is 15.6. The number of carbonyl (C=O) groups excluding carboxylic acids is 3. The van der Waals surface area contributed by atoms with E-state index in [1.165, 1.54) is 23.9 Å². The van der Waals surface area contributed by atoms with E-state index in [1.54, 1.807) is 18.2 Å². The molecule has 0 aromatic heterocycles. The zero-order valence-electron chi connectivity index (χ0n) is 24.2. The molecule has 0 saturated heterocycles. The third kappa shape index (κ3) is 11.1. The van der Waals surface area contributed by atoms with Gasteiger partial charge in [-0.3, -0.25) is 14.4 Å². The number of carbonyl (C=O) groups is 3. The number of rotatable bonds is 18. The lowest BCUT2D eigenvalue weighted by Crippen LogP contribution is -2.39. The van der Waals surface area contributed by atoms with Gasteiger partial charge in [-0.25, -0.2) is 0 Å². The van der Waals surface area contributed by atoms with E-state index in [2.05, 4.69) is 17.6 Å². The molecular weight excluding hydrogens is 551 g/mol. The highest BCUT2D eigenvalue weighted by Crippen LogP contribution is 2.30. The fourth-order valence-electron chi connectivity index (χ4n) is 4.21. The van der Waals surface area contributed by atoms with Crippen LogP contribution in [0.1, 0.15) is 105 Å². The lowest BCUT2D eigenvalue weighted by Gasteiger charge is -2.20. The van der Waals surface area contributed by atoms with E-state index in [0.29, 0.717) is 24.2 Å². The summed E-state index contributed by atoms with van der Waals surface area (Å²) in [6, 6.07) is 9.70. The SMILES string of the molecule is CCCCCCCCCCC(F)(F)C(=O)N(F)c1ccc(C(=O)Nc2cc(C(=O)NCCCC)ccc2SC)cc1. The Bertz CT molecular complexity index is 1130. The molecule has 2 N–H and O–H groups in total. The molecular formula is C31H42F3N3O3S. The molecule has 2 aromatic rings. The van der Waals surface area contributed by atoms with Gasteiger partial charge in [0.1, 0.15) is 0 Å². The maximum atomic E-state index is 14.6. The highest BCUT2D eigenvalue weighted by Gasteiger charge is 2.42. The molecule has 0 radical (unpaired) electrons. The van der Waals surface area contributed by atoms with Gasteiger partial charge in [-0.05, 0) is 61.6 Å². The van der Waals surface area contributed by atoms with Gasteiger partial charge < -0.3 is 10.6 Å². The number of alkyl halides is 2. The molecule has 0 aliphatic heterocycles. The van der Waals surface area contributed by atoms with E-state index in [9.17, 15) is 27.6 Å². The van der Waals surface area contributed by atoms with E-state index in [-0.39, 0.29) is 17.9 Å². The van der Waals surface area contributed by atoms with Crippen molar-refractivity contribution in [1.29, 1.82) is 0 Å². The molecule has 0 saturated carbocycles. The van der Waals surface area contributed by atoms with Crippen LogP contribution < -0.4 is 15.8 Å². The average molecular weight is 594 g/mol. The van der Waals surface area contributed by atoms with E-state index in [4.69, 9.17) is 0 Å². The van der Waals surface area contributed by atoms with Gasteiger partial charge in [-0.1, -0.05) is 69.7 Å². The molecule has 0 atom stereocenters. The van der Waals surface area contributed by atoms with Gasteiger partial charge in [-0.15, -0.1) is 16.9 Å². The second-order valence-electron chi connectivity index (χ2n) is 10.0. The quantitative estimate of drug-likeness (QED) is 0.103. The number of nitrogens with one attached hydrogen (secondary N) is 2. The minimum Gasteiger partial charge on any atom is -0.352 e. The van der Waals surface area contributed by atoms with Gasteiger partial charge in [-0.2, -0.15) is 8.78 Å². The summed E-state index contributed by atoms with van der Waals surface area (Å²) in [5, 5.41) is 5.02. The van der Waals surface area contributed by atoms with E-state index >= 15 is 0 Å². The summed E-state index contributed by atoms with van der Waals surface area (Å²) in [6.45, 7) is 4.70. The zero-order valence-corrected chi connectivity index (χ0v) is 25.1. The Hall–Kier alpha value is -3.01. The third-order valence-electron chi connectivity index (χ3n) is 6.72. The molecule has 2 rings (SSSR count). The minimum atomic E-state index is -3.82. The summed E-state index contributed by atoms with van der Waals surface area (Å²) < 4.78 is 43.4. The molecule has 0 bridgehead atoms. The average Bonchev–Trinajstić information content (AvgIpc) is 2.97.